The number of amides is 1. The lowest BCUT2D eigenvalue weighted by molar-refractivity contribution is -0.122. The predicted octanol–water partition coefficient (Wildman–Crippen LogP) is 4.33. The molecule has 1 saturated carbocycles. The standard InChI is InChI=1S/C14H14BrN3OS2/c15-11-6-4-9(5-7-11)8-20-14-18-17-13(21-14)16-12(19)10-2-1-3-10/h4-7,10H,1-3,8H2,(H,16,17,19). The molecule has 1 aliphatic carbocycles. The molecular formula is C14H14BrN3OS2. The van der Waals surface area contributed by atoms with Crippen LogP contribution in [0.3, 0.4) is 0 Å². The van der Waals surface area contributed by atoms with Crippen molar-refractivity contribution < 1.29 is 4.79 Å². The van der Waals surface area contributed by atoms with E-state index in [2.05, 4.69) is 43.6 Å². The van der Waals surface area contributed by atoms with Crippen LogP contribution in [0.5, 0.6) is 0 Å². The van der Waals surface area contributed by atoms with E-state index < -0.39 is 0 Å². The first kappa shape index (κ1) is 15.0. The minimum Gasteiger partial charge on any atom is -0.300 e. The first-order valence-corrected chi connectivity index (χ1v) is 9.32. The Bertz CT molecular complexity index is 625. The molecule has 0 radical (unpaired) electrons. The number of nitrogens with one attached hydrogen (secondary N) is 1. The van der Waals surface area contributed by atoms with Crippen LogP contribution in [-0.2, 0) is 10.5 Å². The van der Waals surface area contributed by atoms with Crippen LogP contribution in [0, 0.1) is 5.92 Å². The summed E-state index contributed by atoms with van der Waals surface area (Å²) < 4.78 is 1.95. The van der Waals surface area contributed by atoms with Gasteiger partial charge in [-0.2, -0.15) is 0 Å². The SMILES string of the molecule is O=C(Nc1nnc(SCc2ccc(Br)cc2)s1)C1CCC1. The molecule has 1 amide bonds. The fourth-order valence-corrected chi connectivity index (χ4v) is 3.90. The highest BCUT2D eigenvalue weighted by atomic mass is 79.9. The summed E-state index contributed by atoms with van der Waals surface area (Å²) in [6.45, 7) is 0. The lowest BCUT2D eigenvalue weighted by Gasteiger charge is -2.23. The van der Waals surface area contributed by atoms with E-state index in [1.807, 2.05) is 12.1 Å². The summed E-state index contributed by atoms with van der Waals surface area (Å²) in [7, 11) is 0. The van der Waals surface area contributed by atoms with Crippen molar-refractivity contribution in [3.05, 3.63) is 34.3 Å². The summed E-state index contributed by atoms with van der Waals surface area (Å²) in [5.74, 6) is 1.10. The zero-order valence-corrected chi connectivity index (χ0v) is 14.4. The van der Waals surface area contributed by atoms with Gasteiger partial charge in [0.1, 0.15) is 0 Å². The Kier molecular flexibility index (Phi) is 4.92. The van der Waals surface area contributed by atoms with Crippen molar-refractivity contribution in [2.24, 2.45) is 5.92 Å². The van der Waals surface area contributed by atoms with Gasteiger partial charge in [0.05, 0.1) is 0 Å². The lowest BCUT2D eigenvalue weighted by atomic mass is 9.85. The smallest absolute Gasteiger partial charge is 0.229 e. The molecule has 0 bridgehead atoms. The highest BCUT2D eigenvalue weighted by molar-refractivity contribution is 9.10. The predicted molar refractivity (Wildman–Crippen MR) is 89.6 cm³/mol. The summed E-state index contributed by atoms with van der Waals surface area (Å²) in [5.41, 5.74) is 1.23. The summed E-state index contributed by atoms with van der Waals surface area (Å²) >= 11 is 6.49. The third-order valence-electron chi connectivity index (χ3n) is 3.39. The van der Waals surface area contributed by atoms with E-state index >= 15 is 0 Å². The van der Waals surface area contributed by atoms with Crippen LogP contribution in [0.25, 0.3) is 0 Å². The van der Waals surface area contributed by atoms with Crippen LogP contribution in [0.1, 0.15) is 24.8 Å². The molecule has 21 heavy (non-hydrogen) atoms. The Morgan fingerprint density at radius 2 is 2.10 bits per heavy atom. The van der Waals surface area contributed by atoms with Crippen molar-refractivity contribution >= 4 is 50.1 Å². The molecule has 0 unspecified atom stereocenters. The van der Waals surface area contributed by atoms with Crippen molar-refractivity contribution in [2.45, 2.75) is 29.4 Å². The molecule has 0 saturated heterocycles. The molecule has 0 spiro atoms. The Morgan fingerprint density at radius 1 is 1.33 bits per heavy atom. The second-order valence-corrected chi connectivity index (χ2v) is 8.02. The average Bonchev–Trinajstić information content (AvgIpc) is 2.83. The van der Waals surface area contributed by atoms with Crippen molar-refractivity contribution in [1.82, 2.24) is 10.2 Å². The monoisotopic (exact) mass is 383 g/mol. The Labute approximate surface area is 139 Å². The molecule has 110 valence electrons. The van der Waals surface area contributed by atoms with Gasteiger partial charge in [-0.25, -0.2) is 0 Å². The van der Waals surface area contributed by atoms with Crippen molar-refractivity contribution in [3.63, 3.8) is 0 Å². The molecule has 3 rings (SSSR count). The number of anilines is 1. The van der Waals surface area contributed by atoms with E-state index in [4.69, 9.17) is 0 Å². The zero-order chi connectivity index (χ0) is 14.7. The summed E-state index contributed by atoms with van der Waals surface area (Å²) in [6, 6.07) is 8.22. The number of thioether (sulfide) groups is 1. The first-order valence-electron chi connectivity index (χ1n) is 6.72. The number of halogens is 1. The first-order chi connectivity index (χ1) is 10.2. The topological polar surface area (TPSA) is 54.9 Å². The Morgan fingerprint density at radius 3 is 2.76 bits per heavy atom. The number of rotatable bonds is 5. The van der Waals surface area contributed by atoms with E-state index in [1.54, 1.807) is 11.8 Å². The van der Waals surface area contributed by atoms with Gasteiger partial charge in [-0.3, -0.25) is 4.79 Å². The van der Waals surface area contributed by atoms with Crippen molar-refractivity contribution in [1.29, 1.82) is 0 Å². The van der Waals surface area contributed by atoms with Gasteiger partial charge in [-0.15, -0.1) is 10.2 Å². The van der Waals surface area contributed by atoms with E-state index in [0.717, 1.165) is 33.8 Å². The van der Waals surface area contributed by atoms with E-state index in [0.29, 0.717) is 5.13 Å². The maximum absolute atomic E-state index is 11.8. The number of hydrogen-bond donors (Lipinski definition) is 1. The van der Waals surface area contributed by atoms with Crippen LogP contribution in [-0.4, -0.2) is 16.1 Å². The summed E-state index contributed by atoms with van der Waals surface area (Å²) in [6.07, 6.45) is 3.15. The van der Waals surface area contributed by atoms with Gasteiger partial charge < -0.3 is 5.32 Å². The molecule has 2 aromatic rings. The van der Waals surface area contributed by atoms with Crippen molar-refractivity contribution in [2.75, 3.05) is 5.32 Å². The number of carbonyl (C=O) groups excluding carboxylic acids is 1. The van der Waals surface area contributed by atoms with Gasteiger partial charge in [-0.05, 0) is 30.5 Å². The van der Waals surface area contributed by atoms with E-state index in [9.17, 15) is 4.79 Å². The normalized spacial score (nSPS) is 14.7. The van der Waals surface area contributed by atoms with Gasteiger partial charge in [0.2, 0.25) is 11.0 Å². The Balaban J connectivity index is 1.52. The fourth-order valence-electron chi connectivity index (χ4n) is 1.92. The molecular weight excluding hydrogens is 370 g/mol. The number of benzene rings is 1. The average molecular weight is 384 g/mol. The second-order valence-electron chi connectivity index (χ2n) is 4.91. The third-order valence-corrected chi connectivity index (χ3v) is 5.96. The van der Waals surface area contributed by atoms with Gasteiger partial charge in [-0.1, -0.05) is 57.6 Å². The van der Waals surface area contributed by atoms with Gasteiger partial charge in [0.15, 0.2) is 4.34 Å². The molecule has 1 N–H and O–H groups in total. The number of aromatic nitrogens is 2. The van der Waals surface area contributed by atoms with Gasteiger partial charge in [0, 0.05) is 16.1 Å². The van der Waals surface area contributed by atoms with Gasteiger partial charge >= 0.3 is 0 Å². The largest absolute Gasteiger partial charge is 0.300 e. The minimum atomic E-state index is 0.0851. The highest BCUT2D eigenvalue weighted by Crippen LogP contribution is 2.31. The Hall–Kier alpha value is -0.920. The molecule has 1 aromatic heterocycles. The summed E-state index contributed by atoms with van der Waals surface area (Å²) in [5, 5.41) is 11.6. The molecule has 0 atom stereocenters. The highest BCUT2D eigenvalue weighted by Gasteiger charge is 2.25. The van der Waals surface area contributed by atoms with Crippen molar-refractivity contribution in [3.8, 4) is 0 Å². The van der Waals surface area contributed by atoms with Crippen LogP contribution in [0.2, 0.25) is 0 Å². The maximum atomic E-state index is 11.8. The fraction of sp³-hybridized carbons (Fsp3) is 0.357. The van der Waals surface area contributed by atoms with Crippen LogP contribution in [0.4, 0.5) is 5.13 Å². The zero-order valence-electron chi connectivity index (χ0n) is 11.2. The minimum absolute atomic E-state index is 0.0851. The van der Waals surface area contributed by atoms with Crippen LogP contribution in [0.15, 0.2) is 33.1 Å². The second kappa shape index (κ2) is 6.89. The maximum Gasteiger partial charge on any atom is 0.229 e. The number of nitrogens with zero attached hydrogens (tertiary/aromatic N) is 2. The molecule has 7 heteroatoms. The van der Waals surface area contributed by atoms with Crippen LogP contribution >= 0.6 is 39.0 Å². The molecule has 0 aliphatic heterocycles. The quantitative estimate of drug-likeness (QED) is 0.616. The molecule has 4 nitrogen and oxygen atoms in total. The molecule has 1 aliphatic rings. The number of carbonyl (C=O) groups is 1. The lowest BCUT2D eigenvalue weighted by Crippen LogP contribution is -2.27. The van der Waals surface area contributed by atoms with E-state index in [-0.39, 0.29) is 11.8 Å². The molecule has 1 fully saturated rings. The van der Waals surface area contributed by atoms with Crippen LogP contribution < -0.4 is 5.32 Å². The third kappa shape index (κ3) is 4.05. The van der Waals surface area contributed by atoms with E-state index in [1.165, 1.54) is 16.9 Å². The van der Waals surface area contributed by atoms with Gasteiger partial charge in [0.25, 0.3) is 0 Å². The number of hydrogen-bond acceptors (Lipinski definition) is 5. The molecule has 1 heterocycles. The molecule has 1 aromatic carbocycles. The summed E-state index contributed by atoms with van der Waals surface area (Å²) in [4.78, 5) is 11.8.